The molecule has 0 aliphatic carbocycles. The van der Waals surface area contributed by atoms with E-state index in [4.69, 9.17) is 15.2 Å². The van der Waals surface area contributed by atoms with Crippen molar-refractivity contribution in [2.75, 3.05) is 26.1 Å². The van der Waals surface area contributed by atoms with Gasteiger partial charge in [-0.25, -0.2) is 0 Å². The van der Waals surface area contributed by atoms with Crippen LogP contribution in [0.25, 0.3) is 0 Å². The normalized spacial score (nSPS) is 14.5. The van der Waals surface area contributed by atoms with Crippen molar-refractivity contribution in [1.29, 1.82) is 0 Å². The van der Waals surface area contributed by atoms with Crippen LogP contribution in [0, 0.1) is 0 Å². The average Bonchev–Trinajstić information content (AvgIpc) is 2.26. The first-order valence-corrected chi connectivity index (χ1v) is 6.69. The standard InChI is InChI=1S/C11H23NO3S/c1-4-15-11(13)10(12)6-8-16-9(2)5-7-14-3/h9-10H,4-8,12H2,1-3H3. The van der Waals surface area contributed by atoms with Crippen LogP contribution < -0.4 is 5.73 Å². The Morgan fingerprint density at radius 3 is 2.69 bits per heavy atom. The largest absolute Gasteiger partial charge is 0.465 e. The molecule has 16 heavy (non-hydrogen) atoms. The van der Waals surface area contributed by atoms with E-state index in [0.717, 1.165) is 18.8 Å². The van der Waals surface area contributed by atoms with Gasteiger partial charge in [-0.2, -0.15) is 11.8 Å². The molecule has 0 fully saturated rings. The molecular weight excluding hydrogens is 226 g/mol. The summed E-state index contributed by atoms with van der Waals surface area (Å²) in [5, 5.41) is 0.536. The summed E-state index contributed by atoms with van der Waals surface area (Å²) in [6, 6.07) is -0.484. The zero-order chi connectivity index (χ0) is 12.4. The van der Waals surface area contributed by atoms with Crippen LogP contribution in [0.1, 0.15) is 26.7 Å². The SMILES string of the molecule is CCOC(=O)C(N)CCSC(C)CCOC. The van der Waals surface area contributed by atoms with E-state index in [1.807, 2.05) is 11.8 Å². The Kier molecular flexibility index (Phi) is 9.77. The van der Waals surface area contributed by atoms with Crippen molar-refractivity contribution in [3.63, 3.8) is 0 Å². The summed E-state index contributed by atoms with van der Waals surface area (Å²) in [5.74, 6) is 0.581. The van der Waals surface area contributed by atoms with E-state index in [2.05, 4.69) is 6.92 Å². The lowest BCUT2D eigenvalue weighted by molar-refractivity contribution is -0.144. The summed E-state index contributed by atoms with van der Waals surface area (Å²) in [7, 11) is 1.70. The maximum atomic E-state index is 11.2. The van der Waals surface area contributed by atoms with Crippen molar-refractivity contribution in [3.8, 4) is 0 Å². The number of hydrogen-bond donors (Lipinski definition) is 1. The Morgan fingerprint density at radius 1 is 1.44 bits per heavy atom. The first-order valence-electron chi connectivity index (χ1n) is 5.64. The third-order valence-electron chi connectivity index (χ3n) is 2.15. The molecule has 0 radical (unpaired) electrons. The minimum absolute atomic E-state index is 0.298. The van der Waals surface area contributed by atoms with E-state index in [1.165, 1.54) is 0 Å². The van der Waals surface area contributed by atoms with Crippen molar-refractivity contribution in [1.82, 2.24) is 0 Å². The molecule has 0 spiro atoms. The zero-order valence-electron chi connectivity index (χ0n) is 10.4. The number of thioether (sulfide) groups is 1. The Labute approximate surface area is 102 Å². The Hall–Kier alpha value is -0.260. The van der Waals surface area contributed by atoms with Gasteiger partial charge in [0.1, 0.15) is 6.04 Å². The van der Waals surface area contributed by atoms with Crippen LogP contribution in [-0.4, -0.2) is 43.3 Å². The molecule has 0 bridgehead atoms. The van der Waals surface area contributed by atoms with Crippen molar-refractivity contribution in [2.45, 2.75) is 38.0 Å². The van der Waals surface area contributed by atoms with Crippen LogP contribution in [-0.2, 0) is 14.3 Å². The quantitative estimate of drug-likeness (QED) is 0.626. The molecule has 2 unspecified atom stereocenters. The molecule has 0 aromatic heterocycles. The number of carbonyl (C=O) groups is 1. The monoisotopic (exact) mass is 249 g/mol. The van der Waals surface area contributed by atoms with E-state index >= 15 is 0 Å². The Morgan fingerprint density at radius 2 is 2.12 bits per heavy atom. The van der Waals surface area contributed by atoms with Crippen LogP contribution in [0.4, 0.5) is 0 Å². The van der Waals surface area contributed by atoms with Gasteiger partial charge in [0.2, 0.25) is 0 Å². The molecule has 0 amide bonds. The maximum Gasteiger partial charge on any atom is 0.322 e. The third kappa shape index (κ3) is 7.96. The minimum Gasteiger partial charge on any atom is -0.465 e. The lowest BCUT2D eigenvalue weighted by Crippen LogP contribution is -2.32. The van der Waals surface area contributed by atoms with Crippen molar-refractivity contribution >= 4 is 17.7 Å². The van der Waals surface area contributed by atoms with Crippen molar-refractivity contribution in [3.05, 3.63) is 0 Å². The van der Waals surface area contributed by atoms with Gasteiger partial charge in [-0.05, 0) is 25.5 Å². The van der Waals surface area contributed by atoms with Crippen LogP contribution in [0.15, 0.2) is 0 Å². The Balaban J connectivity index is 3.53. The predicted molar refractivity (Wildman–Crippen MR) is 67.6 cm³/mol. The lowest BCUT2D eigenvalue weighted by atomic mass is 10.2. The second kappa shape index (κ2) is 9.93. The highest BCUT2D eigenvalue weighted by Crippen LogP contribution is 2.15. The minimum atomic E-state index is -0.484. The summed E-state index contributed by atoms with van der Waals surface area (Å²) in [6.07, 6.45) is 1.69. The van der Waals surface area contributed by atoms with Crippen LogP contribution in [0.2, 0.25) is 0 Å². The van der Waals surface area contributed by atoms with Crippen molar-refractivity contribution < 1.29 is 14.3 Å². The molecule has 96 valence electrons. The molecule has 0 aromatic carbocycles. The van der Waals surface area contributed by atoms with Gasteiger partial charge in [0.25, 0.3) is 0 Å². The first-order chi connectivity index (χ1) is 7.61. The maximum absolute atomic E-state index is 11.2. The summed E-state index contributed by atoms with van der Waals surface area (Å²) >= 11 is 1.81. The molecular formula is C11H23NO3S. The molecule has 0 aromatic rings. The summed E-state index contributed by atoms with van der Waals surface area (Å²) < 4.78 is 9.83. The summed E-state index contributed by atoms with van der Waals surface area (Å²) in [5.41, 5.74) is 5.68. The highest BCUT2D eigenvalue weighted by Gasteiger charge is 2.14. The second-order valence-corrected chi connectivity index (χ2v) is 5.16. The van der Waals surface area contributed by atoms with Crippen LogP contribution in [0.5, 0.6) is 0 Å². The molecule has 0 aliphatic heterocycles. The number of ether oxygens (including phenoxy) is 2. The van der Waals surface area contributed by atoms with Crippen molar-refractivity contribution in [2.24, 2.45) is 5.73 Å². The molecule has 0 saturated heterocycles. The van der Waals surface area contributed by atoms with E-state index in [1.54, 1.807) is 14.0 Å². The summed E-state index contributed by atoms with van der Waals surface area (Å²) in [6.45, 7) is 5.10. The zero-order valence-corrected chi connectivity index (χ0v) is 11.2. The van der Waals surface area contributed by atoms with Gasteiger partial charge in [-0.15, -0.1) is 0 Å². The fourth-order valence-corrected chi connectivity index (χ4v) is 2.19. The van der Waals surface area contributed by atoms with E-state index in [-0.39, 0.29) is 5.97 Å². The van der Waals surface area contributed by atoms with E-state index in [0.29, 0.717) is 18.3 Å². The summed E-state index contributed by atoms with van der Waals surface area (Å²) in [4.78, 5) is 11.2. The fraction of sp³-hybridized carbons (Fsp3) is 0.909. The fourth-order valence-electron chi connectivity index (χ4n) is 1.13. The molecule has 5 heteroatoms. The number of hydrogen-bond acceptors (Lipinski definition) is 5. The Bertz CT molecular complexity index is 190. The number of methoxy groups -OCH3 is 1. The highest BCUT2D eigenvalue weighted by atomic mass is 32.2. The third-order valence-corrected chi connectivity index (χ3v) is 3.43. The van der Waals surface area contributed by atoms with Crippen LogP contribution in [0.3, 0.4) is 0 Å². The molecule has 0 aliphatic rings. The molecule has 2 atom stereocenters. The lowest BCUT2D eigenvalue weighted by Gasteiger charge is -2.13. The topological polar surface area (TPSA) is 61.5 Å². The average molecular weight is 249 g/mol. The van der Waals surface area contributed by atoms with Gasteiger partial charge < -0.3 is 15.2 Å². The number of nitrogens with two attached hydrogens (primary N) is 1. The first kappa shape index (κ1) is 15.7. The van der Waals surface area contributed by atoms with E-state index in [9.17, 15) is 4.79 Å². The molecule has 0 heterocycles. The predicted octanol–water partition coefficient (Wildman–Crippen LogP) is 1.43. The number of carbonyl (C=O) groups excluding carboxylic acids is 1. The smallest absolute Gasteiger partial charge is 0.322 e. The van der Waals surface area contributed by atoms with Gasteiger partial charge in [0, 0.05) is 19.0 Å². The number of rotatable bonds is 9. The molecule has 0 rings (SSSR count). The highest BCUT2D eigenvalue weighted by molar-refractivity contribution is 7.99. The van der Waals surface area contributed by atoms with Gasteiger partial charge in [-0.1, -0.05) is 6.92 Å². The van der Waals surface area contributed by atoms with Gasteiger partial charge >= 0.3 is 5.97 Å². The van der Waals surface area contributed by atoms with Gasteiger partial charge in [0.05, 0.1) is 6.61 Å². The molecule has 4 nitrogen and oxygen atoms in total. The molecule has 0 saturated carbocycles. The van der Waals surface area contributed by atoms with Gasteiger partial charge in [0.15, 0.2) is 0 Å². The second-order valence-electron chi connectivity index (χ2n) is 3.61. The van der Waals surface area contributed by atoms with Crippen LogP contribution >= 0.6 is 11.8 Å². The van der Waals surface area contributed by atoms with Gasteiger partial charge in [-0.3, -0.25) is 4.79 Å². The number of esters is 1. The molecule has 2 N–H and O–H groups in total. The van der Waals surface area contributed by atoms with E-state index < -0.39 is 6.04 Å².